The highest BCUT2D eigenvalue weighted by Gasteiger charge is 2.48. The van der Waals surface area contributed by atoms with E-state index in [4.69, 9.17) is 4.74 Å². The number of carbonyl (C=O) groups excluding carboxylic acids is 3. The number of benzene rings is 2. The molecule has 0 spiro atoms. The molecule has 35 heavy (non-hydrogen) atoms. The van der Waals surface area contributed by atoms with E-state index in [0.29, 0.717) is 16.9 Å². The lowest BCUT2D eigenvalue weighted by molar-refractivity contribution is -0.122. The van der Waals surface area contributed by atoms with Crippen molar-refractivity contribution < 1.29 is 19.1 Å². The van der Waals surface area contributed by atoms with Crippen LogP contribution in [0.15, 0.2) is 42.6 Å². The van der Waals surface area contributed by atoms with E-state index in [1.54, 1.807) is 23.7 Å². The van der Waals surface area contributed by atoms with Crippen LogP contribution in [0.5, 0.6) is 5.75 Å². The molecule has 0 unspecified atom stereocenters. The van der Waals surface area contributed by atoms with Crippen LogP contribution in [0, 0.1) is 23.7 Å². The normalized spacial score (nSPS) is 18.3. The molecule has 1 aromatic heterocycles. The molecule has 4 amide bonds. The molecule has 0 radical (unpaired) electrons. The Balaban J connectivity index is 1.41. The molecule has 9 nitrogen and oxygen atoms in total. The predicted molar refractivity (Wildman–Crippen MR) is 127 cm³/mol. The zero-order chi connectivity index (χ0) is 24.6. The maximum absolute atomic E-state index is 13.2. The van der Waals surface area contributed by atoms with Crippen molar-refractivity contribution in [1.29, 1.82) is 0 Å². The molecule has 2 aliphatic heterocycles. The third-order valence-electron chi connectivity index (χ3n) is 5.86. The van der Waals surface area contributed by atoms with Crippen LogP contribution in [0.2, 0.25) is 0 Å². The first-order valence-electron chi connectivity index (χ1n) is 10.9. The van der Waals surface area contributed by atoms with Crippen LogP contribution >= 0.6 is 0 Å². The number of imide groups is 1. The first kappa shape index (κ1) is 22.1. The smallest absolute Gasteiger partial charge is 0.323 e. The highest BCUT2D eigenvalue weighted by Crippen LogP contribution is 2.28. The van der Waals surface area contributed by atoms with Gasteiger partial charge in [-0.1, -0.05) is 23.8 Å². The molecular weight excluding hydrogens is 446 g/mol. The zero-order valence-electron chi connectivity index (χ0n) is 19.1. The van der Waals surface area contributed by atoms with E-state index < -0.39 is 17.5 Å². The summed E-state index contributed by atoms with van der Waals surface area (Å²) in [5.41, 5.74) is 1.11. The molecule has 0 aliphatic carbocycles. The summed E-state index contributed by atoms with van der Waals surface area (Å²) in [5.74, 6) is 11.1. The van der Waals surface area contributed by atoms with Gasteiger partial charge in [0.05, 0.1) is 12.1 Å². The Labute approximate surface area is 201 Å². The highest BCUT2D eigenvalue weighted by atomic mass is 16.5. The summed E-state index contributed by atoms with van der Waals surface area (Å²) in [6.45, 7) is 2.13. The quantitative estimate of drug-likeness (QED) is 0.448. The van der Waals surface area contributed by atoms with Crippen molar-refractivity contribution in [3.05, 3.63) is 59.3 Å². The molecular formula is C26H21N5O4. The molecule has 2 N–H and O–H groups in total. The number of carbonyl (C=O) groups is 3. The Morgan fingerprint density at radius 3 is 2.80 bits per heavy atom. The number of nitrogens with zero attached hydrogens (tertiary/aromatic N) is 3. The van der Waals surface area contributed by atoms with Gasteiger partial charge < -0.3 is 15.0 Å². The average molecular weight is 467 g/mol. The number of ether oxygens (including phenoxy) is 1. The van der Waals surface area contributed by atoms with Gasteiger partial charge in [0.25, 0.3) is 11.8 Å². The van der Waals surface area contributed by atoms with Crippen LogP contribution in [0.1, 0.15) is 28.4 Å². The van der Waals surface area contributed by atoms with Gasteiger partial charge in [-0.2, -0.15) is 5.10 Å². The molecule has 0 saturated carbocycles. The van der Waals surface area contributed by atoms with Gasteiger partial charge in [0.2, 0.25) is 5.54 Å². The topological polar surface area (TPSA) is 106 Å². The van der Waals surface area contributed by atoms with Crippen molar-refractivity contribution in [2.24, 2.45) is 7.05 Å². The van der Waals surface area contributed by atoms with Crippen LogP contribution in [0.3, 0.4) is 0 Å². The standard InChI is InChI=1S/C26H21N5O4/c1-3-4-11-35-20-8-7-18-15-31(23(32)21(18)13-20)16-26(24(33)27-25(34)28-26)10-9-17-5-6-19-14-30(2)29-22(19)12-17/h5-8,12-14H,11,15-16H2,1-2H3,(H2,27,28,33,34)/t26-/m1/s1. The number of rotatable bonds is 4. The highest BCUT2D eigenvalue weighted by molar-refractivity contribution is 6.10. The Hall–Kier alpha value is -4.76. The van der Waals surface area contributed by atoms with Gasteiger partial charge >= 0.3 is 6.03 Å². The second-order valence-electron chi connectivity index (χ2n) is 8.34. The molecule has 5 rings (SSSR count). The van der Waals surface area contributed by atoms with E-state index in [1.165, 1.54) is 4.90 Å². The number of nitrogens with one attached hydrogen (secondary N) is 2. The predicted octanol–water partition coefficient (Wildman–Crippen LogP) is 1.56. The maximum atomic E-state index is 13.2. The molecule has 9 heteroatoms. The summed E-state index contributed by atoms with van der Waals surface area (Å²) >= 11 is 0. The van der Waals surface area contributed by atoms with Crippen molar-refractivity contribution in [2.75, 3.05) is 13.2 Å². The lowest BCUT2D eigenvalue weighted by Crippen LogP contribution is -2.54. The summed E-state index contributed by atoms with van der Waals surface area (Å²) < 4.78 is 7.27. The lowest BCUT2D eigenvalue weighted by atomic mass is 9.99. The SMILES string of the molecule is CC#CCOc1ccc2c(c1)C(=O)N(C[C@@]1(C#Cc3ccc4cn(C)nc4c3)NC(=O)NC1=O)C2. The zero-order valence-corrected chi connectivity index (χ0v) is 19.1. The number of aromatic nitrogens is 2. The molecule has 3 heterocycles. The lowest BCUT2D eigenvalue weighted by Gasteiger charge is -2.26. The van der Waals surface area contributed by atoms with Crippen LogP contribution in [0.4, 0.5) is 4.79 Å². The van der Waals surface area contributed by atoms with Crippen molar-refractivity contribution >= 4 is 28.7 Å². The first-order valence-corrected chi connectivity index (χ1v) is 10.9. The summed E-state index contributed by atoms with van der Waals surface area (Å²) in [4.78, 5) is 39.5. The van der Waals surface area contributed by atoms with Crippen molar-refractivity contribution in [3.8, 4) is 29.4 Å². The average Bonchev–Trinajstić information content (AvgIpc) is 3.44. The van der Waals surface area contributed by atoms with Gasteiger partial charge in [-0.05, 0) is 42.8 Å². The Bertz CT molecular complexity index is 1520. The van der Waals surface area contributed by atoms with Gasteiger partial charge in [-0.15, -0.1) is 5.92 Å². The number of urea groups is 1. The minimum atomic E-state index is -1.58. The van der Waals surface area contributed by atoms with Crippen LogP contribution < -0.4 is 15.4 Å². The number of aryl methyl sites for hydroxylation is 1. The number of fused-ring (bicyclic) bond motifs is 2. The molecule has 1 saturated heterocycles. The van der Waals surface area contributed by atoms with Gasteiger partial charge in [-0.25, -0.2) is 4.79 Å². The number of hydrogen-bond acceptors (Lipinski definition) is 5. The van der Waals surface area contributed by atoms with Gasteiger partial charge in [0, 0.05) is 36.3 Å². The Morgan fingerprint density at radius 1 is 1.17 bits per heavy atom. The summed E-state index contributed by atoms with van der Waals surface area (Å²) in [6, 6.07) is 10.1. The van der Waals surface area contributed by atoms with Gasteiger partial charge in [0.1, 0.15) is 12.4 Å². The van der Waals surface area contributed by atoms with Crippen LogP contribution in [-0.2, 0) is 18.4 Å². The van der Waals surface area contributed by atoms with Gasteiger partial charge in [0.15, 0.2) is 0 Å². The van der Waals surface area contributed by atoms with Crippen molar-refractivity contribution in [2.45, 2.75) is 19.0 Å². The summed E-state index contributed by atoms with van der Waals surface area (Å²) in [5, 5.41) is 10.2. The van der Waals surface area contributed by atoms with Crippen molar-refractivity contribution in [3.63, 3.8) is 0 Å². The monoisotopic (exact) mass is 467 g/mol. The minimum Gasteiger partial charge on any atom is -0.481 e. The van der Waals surface area contributed by atoms with E-state index in [-0.39, 0.29) is 25.6 Å². The van der Waals surface area contributed by atoms with Crippen LogP contribution in [0.25, 0.3) is 10.9 Å². The molecule has 3 aromatic rings. The second kappa shape index (κ2) is 8.54. The third kappa shape index (κ3) is 4.16. The van der Waals surface area contributed by atoms with E-state index in [9.17, 15) is 14.4 Å². The molecule has 1 fully saturated rings. The summed E-state index contributed by atoms with van der Waals surface area (Å²) in [7, 11) is 1.83. The Morgan fingerprint density at radius 2 is 2.03 bits per heavy atom. The molecule has 174 valence electrons. The minimum absolute atomic E-state index is 0.103. The third-order valence-corrected chi connectivity index (χ3v) is 5.86. The maximum Gasteiger partial charge on any atom is 0.323 e. The number of amides is 4. The van der Waals surface area contributed by atoms with Crippen molar-refractivity contribution in [1.82, 2.24) is 25.3 Å². The van der Waals surface area contributed by atoms with E-state index in [0.717, 1.165) is 16.5 Å². The fraction of sp³-hybridized carbons (Fsp3) is 0.231. The Kier molecular flexibility index (Phi) is 5.38. The van der Waals surface area contributed by atoms with Crippen LogP contribution in [-0.4, -0.2) is 51.2 Å². The van der Waals surface area contributed by atoms with Gasteiger partial charge in [-0.3, -0.25) is 19.6 Å². The second-order valence-corrected chi connectivity index (χ2v) is 8.34. The fourth-order valence-corrected chi connectivity index (χ4v) is 4.16. The molecule has 0 bridgehead atoms. The van der Waals surface area contributed by atoms with E-state index in [1.807, 2.05) is 37.5 Å². The summed E-state index contributed by atoms with van der Waals surface area (Å²) in [6.07, 6.45) is 1.89. The molecule has 2 aromatic carbocycles. The fourth-order valence-electron chi connectivity index (χ4n) is 4.16. The number of hydrogen-bond donors (Lipinski definition) is 2. The van der Waals surface area contributed by atoms with E-state index >= 15 is 0 Å². The van der Waals surface area contributed by atoms with E-state index in [2.05, 4.69) is 39.4 Å². The molecule has 2 aliphatic rings. The molecule has 1 atom stereocenters. The largest absolute Gasteiger partial charge is 0.481 e. The first-order chi connectivity index (χ1) is 16.9.